The Morgan fingerprint density at radius 1 is 1.80 bits per heavy atom. The Hall–Kier alpha value is -0.870. The molecule has 10 heavy (non-hydrogen) atoms. The summed E-state index contributed by atoms with van der Waals surface area (Å²) in [5.74, 6) is 0. The van der Waals surface area contributed by atoms with E-state index in [1.807, 2.05) is 11.6 Å². The number of rotatable bonds is 3. The number of aromatic nitrogens is 2. The standard InChI is InChI=1S/C6H11N3O/c1-9-5-7-3-6(9)4-8-10-2/h3,5,8H,4H2,1-2H3. The van der Waals surface area contributed by atoms with Crippen molar-refractivity contribution in [2.75, 3.05) is 7.11 Å². The van der Waals surface area contributed by atoms with Crippen molar-refractivity contribution in [3.8, 4) is 0 Å². The van der Waals surface area contributed by atoms with Gasteiger partial charge in [0, 0.05) is 13.2 Å². The number of imidazole rings is 1. The molecule has 0 unspecified atom stereocenters. The van der Waals surface area contributed by atoms with Gasteiger partial charge in [-0.1, -0.05) is 0 Å². The molecule has 0 aliphatic heterocycles. The molecule has 0 spiro atoms. The molecule has 0 bridgehead atoms. The zero-order chi connectivity index (χ0) is 7.40. The molecule has 0 amide bonds. The molecule has 0 aliphatic carbocycles. The van der Waals surface area contributed by atoms with Gasteiger partial charge in [0.1, 0.15) is 0 Å². The predicted octanol–water partition coefficient (Wildman–Crippen LogP) is 0.0711. The molecule has 0 fully saturated rings. The Kier molecular flexibility index (Phi) is 2.42. The van der Waals surface area contributed by atoms with E-state index < -0.39 is 0 Å². The lowest BCUT2D eigenvalue weighted by molar-refractivity contribution is 0.0852. The molecule has 0 saturated heterocycles. The van der Waals surface area contributed by atoms with E-state index in [0.29, 0.717) is 6.54 Å². The smallest absolute Gasteiger partial charge is 0.0945 e. The lowest BCUT2D eigenvalue weighted by atomic mass is 10.5. The van der Waals surface area contributed by atoms with E-state index >= 15 is 0 Å². The summed E-state index contributed by atoms with van der Waals surface area (Å²) in [4.78, 5) is 8.62. The van der Waals surface area contributed by atoms with E-state index in [4.69, 9.17) is 0 Å². The minimum Gasteiger partial charge on any atom is -0.336 e. The van der Waals surface area contributed by atoms with Gasteiger partial charge in [0.2, 0.25) is 0 Å². The third-order valence-electron chi connectivity index (χ3n) is 1.31. The first kappa shape index (κ1) is 7.24. The fraction of sp³-hybridized carbons (Fsp3) is 0.500. The molecule has 1 rings (SSSR count). The van der Waals surface area contributed by atoms with Crippen LogP contribution in [0.3, 0.4) is 0 Å². The highest BCUT2D eigenvalue weighted by molar-refractivity contribution is 4.95. The zero-order valence-corrected chi connectivity index (χ0v) is 6.16. The van der Waals surface area contributed by atoms with E-state index in [0.717, 1.165) is 5.69 Å². The summed E-state index contributed by atoms with van der Waals surface area (Å²) >= 11 is 0. The van der Waals surface area contributed by atoms with Crippen LogP contribution in [0.2, 0.25) is 0 Å². The first-order chi connectivity index (χ1) is 4.84. The first-order valence-corrected chi connectivity index (χ1v) is 3.05. The molecule has 0 radical (unpaired) electrons. The van der Waals surface area contributed by atoms with Crippen LogP contribution in [0.5, 0.6) is 0 Å². The molecule has 56 valence electrons. The van der Waals surface area contributed by atoms with Gasteiger partial charge >= 0.3 is 0 Å². The van der Waals surface area contributed by atoms with Crippen molar-refractivity contribution in [2.24, 2.45) is 7.05 Å². The van der Waals surface area contributed by atoms with E-state index in [1.165, 1.54) is 0 Å². The molecule has 1 aromatic heterocycles. The lowest BCUT2D eigenvalue weighted by Gasteiger charge is -2.00. The van der Waals surface area contributed by atoms with Crippen LogP contribution < -0.4 is 5.48 Å². The normalized spacial score (nSPS) is 10.2. The summed E-state index contributed by atoms with van der Waals surface area (Å²) in [6.07, 6.45) is 3.55. The Labute approximate surface area is 59.8 Å². The second-order valence-electron chi connectivity index (χ2n) is 2.02. The van der Waals surface area contributed by atoms with Gasteiger partial charge in [-0.05, 0) is 0 Å². The maximum Gasteiger partial charge on any atom is 0.0945 e. The third-order valence-corrected chi connectivity index (χ3v) is 1.31. The van der Waals surface area contributed by atoms with Gasteiger partial charge in [-0.2, -0.15) is 5.48 Å². The van der Waals surface area contributed by atoms with Crippen molar-refractivity contribution in [3.63, 3.8) is 0 Å². The van der Waals surface area contributed by atoms with Gasteiger partial charge in [-0.15, -0.1) is 0 Å². The molecule has 0 aromatic carbocycles. The Morgan fingerprint density at radius 3 is 3.10 bits per heavy atom. The van der Waals surface area contributed by atoms with Crippen LogP contribution in [0.25, 0.3) is 0 Å². The SMILES string of the molecule is CONCc1cncn1C. The molecule has 4 nitrogen and oxygen atoms in total. The van der Waals surface area contributed by atoms with Crippen molar-refractivity contribution in [2.45, 2.75) is 6.54 Å². The number of nitrogens with one attached hydrogen (secondary N) is 1. The Morgan fingerprint density at radius 2 is 2.60 bits per heavy atom. The summed E-state index contributed by atoms with van der Waals surface area (Å²) in [6, 6.07) is 0. The van der Waals surface area contributed by atoms with Gasteiger partial charge in [0.25, 0.3) is 0 Å². The quantitative estimate of drug-likeness (QED) is 0.605. The van der Waals surface area contributed by atoms with Gasteiger partial charge < -0.3 is 9.40 Å². The van der Waals surface area contributed by atoms with Gasteiger partial charge in [-0.25, -0.2) is 4.98 Å². The van der Waals surface area contributed by atoms with Crippen molar-refractivity contribution < 1.29 is 4.84 Å². The highest BCUT2D eigenvalue weighted by Gasteiger charge is 1.94. The maximum absolute atomic E-state index is 4.68. The number of aryl methyl sites for hydroxylation is 1. The van der Waals surface area contributed by atoms with Crippen molar-refractivity contribution in [1.82, 2.24) is 15.0 Å². The van der Waals surface area contributed by atoms with Crippen molar-refractivity contribution in [1.29, 1.82) is 0 Å². The summed E-state index contributed by atoms with van der Waals surface area (Å²) in [6.45, 7) is 0.688. The minimum absolute atomic E-state index is 0.688. The largest absolute Gasteiger partial charge is 0.336 e. The van der Waals surface area contributed by atoms with E-state index in [2.05, 4.69) is 15.3 Å². The summed E-state index contributed by atoms with van der Waals surface area (Å²) in [5.41, 5.74) is 3.83. The fourth-order valence-corrected chi connectivity index (χ4v) is 0.701. The Balaban J connectivity index is 2.49. The Bertz CT molecular complexity index is 197. The van der Waals surface area contributed by atoms with Crippen LogP contribution in [0, 0.1) is 0 Å². The second kappa shape index (κ2) is 3.34. The molecule has 4 heteroatoms. The van der Waals surface area contributed by atoms with Crippen molar-refractivity contribution in [3.05, 3.63) is 18.2 Å². The number of hydrogen-bond acceptors (Lipinski definition) is 3. The molecule has 0 saturated carbocycles. The monoisotopic (exact) mass is 141 g/mol. The van der Waals surface area contributed by atoms with Crippen LogP contribution in [-0.2, 0) is 18.4 Å². The highest BCUT2D eigenvalue weighted by Crippen LogP contribution is 1.93. The van der Waals surface area contributed by atoms with E-state index in [1.54, 1.807) is 19.6 Å². The predicted molar refractivity (Wildman–Crippen MR) is 37.1 cm³/mol. The van der Waals surface area contributed by atoms with Crippen LogP contribution in [0.1, 0.15) is 5.69 Å². The molecular formula is C6H11N3O. The first-order valence-electron chi connectivity index (χ1n) is 3.05. The van der Waals surface area contributed by atoms with Crippen LogP contribution in [-0.4, -0.2) is 16.7 Å². The van der Waals surface area contributed by atoms with Crippen molar-refractivity contribution >= 4 is 0 Å². The summed E-state index contributed by atoms with van der Waals surface area (Å²) < 4.78 is 1.94. The zero-order valence-electron chi connectivity index (χ0n) is 6.16. The second-order valence-corrected chi connectivity index (χ2v) is 2.02. The van der Waals surface area contributed by atoms with Gasteiger partial charge in [-0.3, -0.25) is 0 Å². The number of hydroxylamine groups is 1. The average Bonchev–Trinajstić information content (AvgIpc) is 2.31. The molecular weight excluding hydrogens is 130 g/mol. The summed E-state index contributed by atoms with van der Waals surface area (Å²) in [7, 11) is 3.54. The van der Waals surface area contributed by atoms with Crippen LogP contribution in [0.15, 0.2) is 12.5 Å². The average molecular weight is 141 g/mol. The minimum atomic E-state index is 0.688. The number of hydrogen-bond donors (Lipinski definition) is 1. The molecule has 0 aliphatic rings. The molecule has 1 aromatic rings. The highest BCUT2D eigenvalue weighted by atomic mass is 16.6. The lowest BCUT2D eigenvalue weighted by Crippen LogP contribution is -2.12. The maximum atomic E-state index is 4.68. The van der Waals surface area contributed by atoms with Gasteiger partial charge in [0.05, 0.1) is 25.7 Å². The van der Waals surface area contributed by atoms with Crippen LogP contribution >= 0.6 is 0 Å². The fourth-order valence-electron chi connectivity index (χ4n) is 0.701. The van der Waals surface area contributed by atoms with E-state index in [-0.39, 0.29) is 0 Å². The molecule has 0 atom stereocenters. The molecule has 1 N–H and O–H groups in total. The number of nitrogens with zero attached hydrogens (tertiary/aromatic N) is 2. The third kappa shape index (κ3) is 1.55. The van der Waals surface area contributed by atoms with Crippen LogP contribution in [0.4, 0.5) is 0 Å². The van der Waals surface area contributed by atoms with Gasteiger partial charge in [0.15, 0.2) is 0 Å². The molecule has 1 heterocycles. The summed E-state index contributed by atoms with van der Waals surface area (Å²) in [5, 5.41) is 0. The topological polar surface area (TPSA) is 39.1 Å². The van der Waals surface area contributed by atoms with E-state index in [9.17, 15) is 0 Å².